The molecule has 4 rings (SSSR count). The van der Waals surface area contributed by atoms with E-state index in [1.807, 2.05) is 29.2 Å². The van der Waals surface area contributed by atoms with Crippen LogP contribution in [0.2, 0.25) is 0 Å². The zero-order chi connectivity index (χ0) is 20.9. The maximum Gasteiger partial charge on any atom is 0.409 e. The van der Waals surface area contributed by atoms with Crippen molar-refractivity contribution in [3.8, 4) is 0 Å². The number of piperazine rings is 1. The molecule has 0 N–H and O–H groups in total. The average molecular weight is 400 g/mol. The quantitative estimate of drug-likeness (QED) is 0.652. The number of hydrogen-bond donors (Lipinski definition) is 0. The molecule has 154 valence electrons. The first-order chi connectivity index (χ1) is 13.8. The highest BCUT2D eigenvalue weighted by Gasteiger charge is 2.64. The lowest BCUT2D eigenvalue weighted by molar-refractivity contribution is -0.160. The average Bonchev–Trinajstić information content (AvgIpc) is 2.74. The van der Waals surface area contributed by atoms with Gasteiger partial charge in [0.2, 0.25) is 11.8 Å². The first kappa shape index (κ1) is 19.2. The Hall–Kier alpha value is -3.10. The van der Waals surface area contributed by atoms with Crippen LogP contribution >= 0.6 is 0 Å². The van der Waals surface area contributed by atoms with Crippen LogP contribution in [0.15, 0.2) is 24.3 Å². The summed E-state index contributed by atoms with van der Waals surface area (Å²) in [5.41, 5.74) is 0.359. The second-order valence-electron chi connectivity index (χ2n) is 7.64. The normalized spacial score (nSPS) is 23.3. The number of barbiturate groups is 1. The summed E-state index contributed by atoms with van der Waals surface area (Å²) in [5, 5.41) is 0. The highest BCUT2D eigenvalue weighted by atomic mass is 16.6. The molecule has 0 aromatic heterocycles. The largest absolute Gasteiger partial charge is 0.450 e. The predicted molar refractivity (Wildman–Crippen MR) is 103 cm³/mol. The molecule has 0 saturated carbocycles. The topological polar surface area (TPSA) is 90.5 Å². The lowest BCUT2D eigenvalue weighted by atomic mass is 9.67. The predicted octanol–water partition coefficient (Wildman–Crippen LogP) is 0.927. The summed E-state index contributed by atoms with van der Waals surface area (Å²) in [6.07, 6.45) is -0.282. The molecule has 0 bridgehead atoms. The summed E-state index contributed by atoms with van der Waals surface area (Å²) in [4.78, 5) is 57.2. The fourth-order valence-corrected chi connectivity index (χ4v) is 4.76. The van der Waals surface area contributed by atoms with Crippen molar-refractivity contribution in [2.24, 2.45) is 5.41 Å². The standard InChI is InChI=1S/C20H24N4O5/c1-4-29-19(28)23-9-10-24-14-8-6-5-7-13(14)11-20(15(24)12-23)16(25)21(2)18(27)22(3)17(20)26/h5-8,15H,4,9-12H2,1-3H3. The molecule has 1 aromatic carbocycles. The van der Waals surface area contributed by atoms with Gasteiger partial charge in [0, 0.05) is 39.4 Å². The Kier molecular flexibility index (Phi) is 4.48. The van der Waals surface area contributed by atoms with Gasteiger partial charge in [0.1, 0.15) is 0 Å². The van der Waals surface area contributed by atoms with Crippen molar-refractivity contribution in [3.63, 3.8) is 0 Å². The number of nitrogens with zero attached hydrogens (tertiary/aromatic N) is 4. The SMILES string of the molecule is CCOC(=O)N1CCN2c3ccccc3CC3(C(=O)N(C)C(=O)N(C)C3=O)C2C1. The van der Waals surface area contributed by atoms with Crippen LogP contribution in [0.4, 0.5) is 15.3 Å². The summed E-state index contributed by atoms with van der Waals surface area (Å²) >= 11 is 0. The van der Waals surface area contributed by atoms with Crippen molar-refractivity contribution >= 4 is 29.6 Å². The van der Waals surface area contributed by atoms with E-state index in [9.17, 15) is 19.2 Å². The van der Waals surface area contributed by atoms with Gasteiger partial charge in [0.05, 0.1) is 12.6 Å². The molecule has 2 fully saturated rings. The number of amides is 5. The first-order valence-electron chi connectivity index (χ1n) is 9.69. The molecular weight excluding hydrogens is 376 g/mol. The summed E-state index contributed by atoms with van der Waals surface area (Å²) < 4.78 is 5.14. The van der Waals surface area contributed by atoms with Crippen molar-refractivity contribution < 1.29 is 23.9 Å². The highest BCUT2D eigenvalue weighted by molar-refractivity contribution is 6.20. The molecule has 0 aliphatic carbocycles. The third-order valence-electron chi connectivity index (χ3n) is 6.19. The first-order valence-corrected chi connectivity index (χ1v) is 9.69. The number of rotatable bonds is 1. The Morgan fingerprint density at radius 3 is 2.41 bits per heavy atom. The van der Waals surface area contributed by atoms with E-state index < -0.39 is 35.4 Å². The number of carbonyl (C=O) groups is 4. The molecule has 5 amide bonds. The van der Waals surface area contributed by atoms with Gasteiger partial charge in [0.15, 0.2) is 5.41 Å². The van der Waals surface area contributed by atoms with Gasteiger partial charge in [-0.05, 0) is 25.0 Å². The third kappa shape index (κ3) is 2.60. The van der Waals surface area contributed by atoms with E-state index in [2.05, 4.69) is 0 Å². The van der Waals surface area contributed by atoms with Gasteiger partial charge in [-0.25, -0.2) is 9.59 Å². The van der Waals surface area contributed by atoms with Crippen LogP contribution in [0.3, 0.4) is 0 Å². The highest BCUT2D eigenvalue weighted by Crippen LogP contribution is 2.46. The van der Waals surface area contributed by atoms with Crippen LogP contribution in [0, 0.1) is 5.41 Å². The van der Waals surface area contributed by atoms with Crippen molar-refractivity contribution in [3.05, 3.63) is 29.8 Å². The Labute approximate surface area is 168 Å². The zero-order valence-electron chi connectivity index (χ0n) is 16.8. The Bertz CT molecular complexity index is 877. The number of para-hydroxylation sites is 1. The van der Waals surface area contributed by atoms with E-state index in [0.29, 0.717) is 13.1 Å². The minimum absolute atomic E-state index is 0.167. The minimum Gasteiger partial charge on any atom is -0.450 e. The number of imide groups is 2. The monoisotopic (exact) mass is 400 g/mol. The number of anilines is 1. The van der Waals surface area contributed by atoms with Crippen molar-refractivity contribution in [2.45, 2.75) is 19.4 Å². The molecule has 9 nitrogen and oxygen atoms in total. The molecule has 3 heterocycles. The molecule has 9 heteroatoms. The second-order valence-corrected chi connectivity index (χ2v) is 7.64. The molecule has 3 aliphatic heterocycles. The molecule has 1 atom stereocenters. The second kappa shape index (κ2) is 6.75. The molecule has 1 unspecified atom stereocenters. The number of carbonyl (C=O) groups excluding carboxylic acids is 4. The van der Waals surface area contributed by atoms with E-state index >= 15 is 0 Å². The maximum atomic E-state index is 13.4. The summed E-state index contributed by atoms with van der Waals surface area (Å²) in [6.45, 7) is 3.03. The molecule has 1 spiro atoms. The van der Waals surface area contributed by atoms with Gasteiger partial charge in [0.25, 0.3) is 0 Å². The molecule has 29 heavy (non-hydrogen) atoms. The van der Waals surface area contributed by atoms with Gasteiger partial charge in [-0.1, -0.05) is 18.2 Å². The smallest absolute Gasteiger partial charge is 0.409 e. The third-order valence-corrected chi connectivity index (χ3v) is 6.19. The van der Waals surface area contributed by atoms with Gasteiger partial charge in [-0.2, -0.15) is 0 Å². The van der Waals surface area contributed by atoms with Crippen LogP contribution in [-0.4, -0.2) is 85.0 Å². The van der Waals surface area contributed by atoms with Crippen molar-refractivity contribution in [2.75, 3.05) is 45.2 Å². The van der Waals surface area contributed by atoms with E-state index in [-0.39, 0.29) is 19.6 Å². The fraction of sp³-hybridized carbons (Fsp3) is 0.500. The van der Waals surface area contributed by atoms with Gasteiger partial charge < -0.3 is 14.5 Å². The molecule has 3 aliphatic rings. The lowest BCUT2D eigenvalue weighted by Crippen LogP contribution is -2.75. The van der Waals surface area contributed by atoms with Crippen LogP contribution in [0.25, 0.3) is 0 Å². The van der Waals surface area contributed by atoms with Crippen LogP contribution in [0.1, 0.15) is 12.5 Å². The van der Waals surface area contributed by atoms with E-state index in [4.69, 9.17) is 4.74 Å². The Balaban J connectivity index is 1.84. The Morgan fingerprint density at radius 2 is 1.76 bits per heavy atom. The molecule has 0 radical (unpaired) electrons. The van der Waals surface area contributed by atoms with E-state index in [1.54, 1.807) is 6.92 Å². The minimum atomic E-state index is -1.48. The van der Waals surface area contributed by atoms with E-state index in [1.165, 1.54) is 19.0 Å². The van der Waals surface area contributed by atoms with Crippen molar-refractivity contribution in [1.82, 2.24) is 14.7 Å². The number of fused-ring (bicyclic) bond motifs is 4. The van der Waals surface area contributed by atoms with Crippen molar-refractivity contribution in [1.29, 1.82) is 0 Å². The molecule has 2 saturated heterocycles. The summed E-state index contributed by atoms with van der Waals surface area (Å²) in [6, 6.07) is 6.42. The van der Waals surface area contributed by atoms with Crippen LogP contribution in [-0.2, 0) is 20.7 Å². The molecule has 1 aromatic rings. The fourth-order valence-electron chi connectivity index (χ4n) is 4.76. The van der Waals surface area contributed by atoms with Gasteiger partial charge in [-0.3, -0.25) is 19.4 Å². The van der Waals surface area contributed by atoms with Crippen LogP contribution < -0.4 is 4.90 Å². The number of urea groups is 1. The maximum absolute atomic E-state index is 13.4. The summed E-state index contributed by atoms with van der Waals surface area (Å²) in [7, 11) is 2.79. The lowest BCUT2D eigenvalue weighted by Gasteiger charge is -2.55. The van der Waals surface area contributed by atoms with Gasteiger partial charge >= 0.3 is 12.1 Å². The Morgan fingerprint density at radius 1 is 1.10 bits per heavy atom. The van der Waals surface area contributed by atoms with E-state index in [0.717, 1.165) is 21.1 Å². The number of benzene rings is 1. The zero-order valence-corrected chi connectivity index (χ0v) is 16.8. The van der Waals surface area contributed by atoms with Gasteiger partial charge in [-0.15, -0.1) is 0 Å². The summed E-state index contributed by atoms with van der Waals surface area (Å²) in [5.74, 6) is -1.05. The number of ether oxygens (including phenoxy) is 1. The molecular formula is C20H24N4O5. The number of hydrogen-bond acceptors (Lipinski definition) is 6. The van der Waals surface area contributed by atoms with Crippen LogP contribution in [0.5, 0.6) is 0 Å².